The molecule has 7 nitrogen and oxygen atoms in total. The van der Waals surface area contributed by atoms with Crippen LogP contribution in [0, 0.1) is 13.8 Å². The summed E-state index contributed by atoms with van der Waals surface area (Å²) in [4.78, 5) is 43.0. The molecule has 0 amide bonds. The first-order valence-corrected chi connectivity index (χ1v) is 9.71. The second-order valence-corrected chi connectivity index (χ2v) is 7.44. The number of carbonyl (C=O) groups is 1. The Hall–Kier alpha value is -3.22. The molecule has 1 N–H and O–H groups in total. The van der Waals surface area contributed by atoms with Crippen LogP contribution in [0.2, 0.25) is 0 Å². The fourth-order valence-corrected chi connectivity index (χ4v) is 3.92. The smallest absolute Gasteiger partial charge is 0.336 e. The van der Waals surface area contributed by atoms with Crippen LogP contribution in [0.25, 0.3) is 11.0 Å². The van der Waals surface area contributed by atoms with E-state index >= 15 is 0 Å². The van der Waals surface area contributed by atoms with Gasteiger partial charge in [-0.3, -0.25) is 9.59 Å². The van der Waals surface area contributed by atoms with E-state index in [4.69, 9.17) is 9.15 Å². The zero-order valence-corrected chi connectivity index (χ0v) is 16.5. The number of hydrogen-bond acceptors (Lipinski definition) is 6. The highest BCUT2D eigenvalue weighted by Gasteiger charge is 2.16. The molecule has 1 aromatic carbocycles. The Morgan fingerprint density at radius 1 is 1.17 bits per heavy atom. The highest BCUT2D eigenvalue weighted by molar-refractivity contribution is 5.82. The highest BCUT2D eigenvalue weighted by atomic mass is 16.5. The molecule has 0 unspecified atom stereocenters. The number of fused-ring (bicyclic) bond motifs is 2. The van der Waals surface area contributed by atoms with Crippen LogP contribution in [0.5, 0.6) is 0 Å². The van der Waals surface area contributed by atoms with Crippen molar-refractivity contribution in [2.75, 3.05) is 0 Å². The van der Waals surface area contributed by atoms with Gasteiger partial charge in [-0.05, 0) is 62.8 Å². The number of esters is 1. The molecule has 0 radical (unpaired) electrons. The van der Waals surface area contributed by atoms with E-state index in [1.807, 2.05) is 12.1 Å². The molecule has 0 aliphatic heterocycles. The molecule has 150 valence electrons. The van der Waals surface area contributed by atoms with E-state index in [-0.39, 0.29) is 25.0 Å². The largest absolute Gasteiger partial charge is 0.461 e. The van der Waals surface area contributed by atoms with E-state index in [1.165, 1.54) is 17.2 Å². The zero-order chi connectivity index (χ0) is 20.5. The van der Waals surface area contributed by atoms with E-state index in [0.29, 0.717) is 28.2 Å². The van der Waals surface area contributed by atoms with Crippen LogP contribution in [0.3, 0.4) is 0 Å². The van der Waals surface area contributed by atoms with E-state index in [9.17, 15) is 14.4 Å². The first-order valence-electron chi connectivity index (χ1n) is 9.71. The van der Waals surface area contributed by atoms with Crippen molar-refractivity contribution in [2.24, 2.45) is 0 Å². The normalized spacial score (nSPS) is 12.9. The molecule has 4 rings (SSSR count). The minimum Gasteiger partial charge on any atom is -0.461 e. The third kappa shape index (κ3) is 3.99. The Balaban J connectivity index is 1.48. The minimum absolute atomic E-state index is 0.0127. The Morgan fingerprint density at radius 2 is 1.93 bits per heavy atom. The molecule has 2 aromatic heterocycles. The van der Waals surface area contributed by atoms with Gasteiger partial charge in [0, 0.05) is 34.7 Å². The summed E-state index contributed by atoms with van der Waals surface area (Å²) in [6.07, 6.45) is 3.39. The van der Waals surface area contributed by atoms with Gasteiger partial charge in [-0.2, -0.15) is 0 Å². The van der Waals surface area contributed by atoms with Crippen molar-refractivity contribution >= 4 is 16.9 Å². The van der Waals surface area contributed by atoms with Gasteiger partial charge >= 0.3 is 11.6 Å². The van der Waals surface area contributed by atoms with Crippen LogP contribution >= 0.6 is 0 Å². The fraction of sp³-hybridized carbons (Fsp3) is 0.364. The minimum atomic E-state index is -0.464. The lowest BCUT2D eigenvalue weighted by molar-refractivity contribution is -0.144. The van der Waals surface area contributed by atoms with Crippen molar-refractivity contribution in [1.82, 2.24) is 9.97 Å². The molecule has 3 aromatic rings. The second-order valence-electron chi connectivity index (χ2n) is 7.44. The van der Waals surface area contributed by atoms with E-state index in [2.05, 4.69) is 9.97 Å². The van der Waals surface area contributed by atoms with Gasteiger partial charge in [-0.1, -0.05) is 0 Å². The van der Waals surface area contributed by atoms with Gasteiger partial charge in [0.05, 0.1) is 0 Å². The molecular formula is C22H22N2O5. The average molecular weight is 394 g/mol. The Bertz CT molecular complexity index is 1220. The average Bonchev–Trinajstić information content (AvgIpc) is 3.10. The van der Waals surface area contributed by atoms with E-state index in [0.717, 1.165) is 24.6 Å². The lowest BCUT2D eigenvalue weighted by atomic mass is 10.0. The molecule has 1 aliphatic rings. The van der Waals surface area contributed by atoms with Gasteiger partial charge in [0.2, 0.25) is 0 Å². The number of nitrogens with one attached hydrogen (secondary N) is 1. The number of carbonyl (C=O) groups excluding carboxylic acids is 1. The standard InChI is InChI=1S/C22H22N2O5/c1-12-17(22(27)24-13(2)23-12)6-7-20(25)28-11-16-10-21(26)29-19-9-15-5-3-4-14(15)8-18(16)19/h8-10H,3-7,11H2,1-2H3,(H,23,24,27). The van der Waals surface area contributed by atoms with Gasteiger partial charge < -0.3 is 14.1 Å². The summed E-state index contributed by atoms with van der Waals surface area (Å²) in [6, 6.07) is 5.32. The van der Waals surface area contributed by atoms with Crippen molar-refractivity contribution in [3.05, 3.63) is 72.7 Å². The summed E-state index contributed by atoms with van der Waals surface area (Å²) in [5.74, 6) is 0.104. The lowest BCUT2D eigenvalue weighted by Gasteiger charge is -2.09. The van der Waals surface area contributed by atoms with Gasteiger partial charge in [0.25, 0.3) is 5.56 Å². The molecule has 0 atom stereocenters. The Morgan fingerprint density at radius 3 is 2.69 bits per heavy atom. The number of benzene rings is 1. The van der Waals surface area contributed by atoms with Crippen LogP contribution in [0.1, 0.15) is 46.6 Å². The Kier molecular flexibility index (Phi) is 5.05. The number of H-pyrrole nitrogens is 1. The summed E-state index contributed by atoms with van der Waals surface area (Å²) < 4.78 is 10.7. The summed E-state index contributed by atoms with van der Waals surface area (Å²) in [7, 11) is 0. The maximum Gasteiger partial charge on any atom is 0.336 e. The molecule has 0 saturated heterocycles. The summed E-state index contributed by atoms with van der Waals surface area (Å²) in [6.45, 7) is 3.44. The van der Waals surface area contributed by atoms with Crippen molar-refractivity contribution < 1.29 is 13.9 Å². The molecule has 1 aliphatic carbocycles. The first-order chi connectivity index (χ1) is 13.9. The van der Waals surface area contributed by atoms with Gasteiger partial charge in [-0.25, -0.2) is 9.78 Å². The number of hydrogen-bond donors (Lipinski definition) is 1. The van der Waals surface area contributed by atoms with Crippen LogP contribution in [-0.4, -0.2) is 15.9 Å². The summed E-state index contributed by atoms with van der Waals surface area (Å²) >= 11 is 0. The highest BCUT2D eigenvalue weighted by Crippen LogP contribution is 2.28. The monoisotopic (exact) mass is 394 g/mol. The number of aromatic amines is 1. The number of aromatic nitrogens is 2. The predicted molar refractivity (Wildman–Crippen MR) is 107 cm³/mol. The molecule has 0 bridgehead atoms. The van der Waals surface area contributed by atoms with Crippen LogP contribution in [-0.2, 0) is 35.4 Å². The van der Waals surface area contributed by atoms with Gasteiger partial charge in [0.15, 0.2) is 0 Å². The van der Waals surface area contributed by atoms with Crippen molar-refractivity contribution in [1.29, 1.82) is 0 Å². The first kappa shape index (κ1) is 19.1. The van der Waals surface area contributed by atoms with Crippen LogP contribution < -0.4 is 11.2 Å². The summed E-state index contributed by atoms with van der Waals surface area (Å²) in [5, 5.41) is 0.799. The zero-order valence-electron chi connectivity index (χ0n) is 16.5. The molecular weight excluding hydrogens is 372 g/mol. The van der Waals surface area contributed by atoms with Crippen molar-refractivity contribution in [2.45, 2.75) is 52.6 Å². The van der Waals surface area contributed by atoms with E-state index in [1.54, 1.807) is 13.8 Å². The van der Waals surface area contributed by atoms with E-state index < -0.39 is 11.6 Å². The molecule has 29 heavy (non-hydrogen) atoms. The molecule has 0 saturated carbocycles. The third-order valence-electron chi connectivity index (χ3n) is 5.35. The van der Waals surface area contributed by atoms with Crippen molar-refractivity contribution in [3.63, 3.8) is 0 Å². The van der Waals surface area contributed by atoms with Crippen molar-refractivity contribution in [3.8, 4) is 0 Å². The number of rotatable bonds is 5. The molecule has 0 fully saturated rings. The Labute approximate surface area is 166 Å². The number of ether oxygens (including phenoxy) is 1. The maximum atomic E-state index is 12.2. The molecule has 0 spiro atoms. The maximum absolute atomic E-state index is 12.2. The van der Waals surface area contributed by atoms with Crippen LogP contribution in [0.15, 0.2) is 32.2 Å². The fourth-order valence-electron chi connectivity index (χ4n) is 3.92. The van der Waals surface area contributed by atoms with Crippen LogP contribution in [0.4, 0.5) is 0 Å². The molecule has 2 heterocycles. The quantitative estimate of drug-likeness (QED) is 0.527. The second kappa shape index (κ2) is 7.66. The van der Waals surface area contributed by atoms with Gasteiger partial charge in [0.1, 0.15) is 18.0 Å². The number of aryl methyl sites for hydroxylation is 4. The van der Waals surface area contributed by atoms with Gasteiger partial charge in [-0.15, -0.1) is 0 Å². The predicted octanol–water partition coefficient (Wildman–Crippen LogP) is 2.66. The topological polar surface area (TPSA) is 102 Å². The lowest BCUT2D eigenvalue weighted by Crippen LogP contribution is -2.19. The SMILES string of the molecule is Cc1nc(C)c(CCC(=O)OCc2cc(=O)oc3cc4c(cc23)CCC4)c(=O)[nH]1. The summed E-state index contributed by atoms with van der Waals surface area (Å²) in [5.41, 5.74) is 4.01. The third-order valence-corrected chi connectivity index (χ3v) is 5.35. The molecule has 7 heteroatoms. The number of nitrogens with zero attached hydrogens (tertiary/aromatic N) is 1.